The number of fused-ring (bicyclic) bond motifs is 1. The summed E-state index contributed by atoms with van der Waals surface area (Å²) in [6, 6.07) is 24.1. The van der Waals surface area contributed by atoms with Crippen LogP contribution in [0.4, 0.5) is 0 Å². The zero-order valence-electron chi connectivity index (χ0n) is 17.5. The molecule has 5 rings (SSSR count). The smallest absolute Gasteiger partial charge is 0.420 e. The molecule has 0 aliphatic carbocycles. The number of benzene rings is 3. The van der Waals surface area contributed by atoms with E-state index in [4.69, 9.17) is 9.15 Å². The van der Waals surface area contributed by atoms with Gasteiger partial charge in [0, 0.05) is 12.0 Å². The molecule has 0 saturated heterocycles. The van der Waals surface area contributed by atoms with Crippen molar-refractivity contribution in [3.05, 3.63) is 101 Å². The zero-order valence-corrected chi connectivity index (χ0v) is 17.5. The molecule has 1 amide bonds. The lowest BCUT2D eigenvalue weighted by Gasteiger charge is -2.23. The van der Waals surface area contributed by atoms with Gasteiger partial charge in [-0.2, -0.15) is 5.10 Å². The van der Waals surface area contributed by atoms with Gasteiger partial charge >= 0.3 is 5.76 Å². The summed E-state index contributed by atoms with van der Waals surface area (Å²) in [5, 5.41) is 6.15. The van der Waals surface area contributed by atoms with Crippen molar-refractivity contribution < 1.29 is 13.9 Å². The van der Waals surface area contributed by atoms with Crippen LogP contribution in [0.15, 0.2) is 93.2 Å². The van der Waals surface area contributed by atoms with E-state index in [1.165, 1.54) is 9.58 Å². The van der Waals surface area contributed by atoms with Gasteiger partial charge < -0.3 is 9.15 Å². The maximum atomic E-state index is 13.4. The van der Waals surface area contributed by atoms with Crippen molar-refractivity contribution in [3.8, 4) is 5.75 Å². The van der Waals surface area contributed by atoms with E-state index in [2.05, 4.69) is 5.10 Å². The van der Waals surface area contributed by atoms with Gasteiger partial charge in [0.05, 0.1) is 24.4 Å². The second-order valence-corrected chi connectivity index (χ2v) is 7.53. The lowest BCUT2D eigenvalue weighted by atomic mass is 9.97. The van der Waals surface area contributed by atoms with Crippen LogP contribution in [0.5, 0.6) is 5.75 Å². The van der Waals surface area contributed by atoms with Crippen molar-refractivity contribution in [3.63, 3.8) is 0 Å². The molecule has 1 aliphatic rings. The Balaban J connectivity index is 1.54. The Labute approximate surface area is 184 Å². The number of hydrogen-bond donors (Lipinski definition) is 0. The van der Waals surface area contributed by atoms with Crippen molar-refractivity contribution in [2.24, 2.45) is 5.10 Å². The number of ether oxygens (including phenoxy) is 1. The molecule has 1 unspecified atom stereocenters. The molecule has 7 heteroatoms. The van der Waals surface area contributed by atoms with E-state index < -0.39 is 5.76 Å². The number of aromatic nitrogens is 1. The third kappa shape index (κ3) is 3.47. The highest BCUT2D eigenvalue weighted by Crippen LogP contribution is 2.37. The number of methoxy groups -OCH3 is 1. The number of nitrogens with zero attached hydrogens (tertiary/aromatic N) is 3. The summed E-state index contributed by atoms with van der Waals surface area (Å²) >= 11 is 0. The lowest BCUT2D eigenvalue weighted by molar-refractivity contribution is -0.133. The zero-order chi connectivity index (χ0) is 22.1. The largest absolute Gasteiger partial charge is 0.496 e. The van der Waals surface area contributed by atoms with Crippen LogP contribution < -0.4 is 10.5 Å². The highest BCUT2D eigenvalue weighted by Gasteiger charge is 2.35. The standard InChI is InChI=1S/C25H21N3O4/c1-31-22-13-7-5-11-18(22)21-15-19(17-9-3-2-4-10-17)26-28(21)24(29)16-27-20-12-6-8-14-23(20)32-25(27)30/h2-14,21H,15-16H2,1H3. The maximum Gasteiger partial charge on any atom is 0.420 e. The molecular formula is C25H21N3O4. The van der Waals surface area contributed by atoms with E-state index in [-0.39, 0.29) is 18.5 Å². The van der Waals surface area contributed by atoms with Gasteiger partial charge in [-0.1, -0.05) is 60.7 Å². The number of amides is 1. The van der Waals surface area contributed by atoms with Crippen LogP contribution >= 0.6 is 0 Å². The van der Waals surface area contributed by atoms with Crippen LogP contribution in [0.2, 0.25) is 0 Å². The van der Waals surface area contributed by atoms with Crippen LogP contribution in [-0.2, 0) is 11.3 Å². The monoisotopic (exact) mass is 427 g/mol. The van der Waals surface area contributed by atoms with Gasteiger partial charge in [0.25, 0.3) is 5.91 Å². The Kier molecular flexibility index (Phi) is 5.07. The molecule has 0 spiro atoms. The predicted octanol–water partition coefficient (Wildman–Crippen LogP) is 3.98. The van der Waals surface area contributed by atoms with Crippen LogP contribution in [-0.4, -0.2) is 28.3 Å². The number of para-hydroxylation sites is 3. The third-order valence-electron chi connectivity index (χ3n) is 5.64. The molecule has 0 bridgehead atoms. The number of carbonyl (C=O) groups excluding carboxylic acids is 1. The molecule has 1 atom stereocenters. The molecule has 0 fully saturated rings. The number of rotatable bonds is 5. The fraction of sp³-hybridized carbons (Fsp3) is 0.160. The van der Waals surface area contributed by atoms with Gasteiger partial charge in [-0.15, -0.1) is 0 Å². The molecule has 0 saturated carbocycles. The average Bonchev–Trinajstić information content (AvgIpc) is 3.41. The van der Waals surface area contributed by atoms with E-state index in [9.17, 15) is 9.59 Å². The summed E-state index contributed by atoms with van der Waals surface area (Å²) in [7, 11) is 1.61. The SMILES string of the molecule is COc1ccccc1C1CC(c2ccccc2)=NN1C(=O)Cn1c(=O)oc2ccccc21. The highest BCUT2D eigenvalue weighted by atomic mass is 16.5. The highest BCUT2D eigenvalue weighted by molar-refractivity contribution is 6.03. The van der Waals surface area contributed by atoms with Gasteiger partial charge in [0.15, 0.2) is 5.58 Å². The molecular weight excluding hydrogens is 406 g/mol. The fourth-order valence-corrected chi connectivity index (χ4v) is 4.10. The minimum atomic E-state index is -0.570. The third-order valence-corrected chi connectivity index (χ3v) is 5.64. The minimum absolute atomic E-state index is 0.174. The van der Waals surface area contributed by atoms with Crippen molar-refractivity contribution >= 4 is 22.7 Å². The first-order valence-electron chi connectivity index (χ1n) is 10.3. The Hall–Kier alpha value is -4.13. The molecule has 0 N–H and O–H groups in total. The van der Waals surface area contributed by atoms with E-state index in [1.54, 1.807) is 31.4 Å². The molecule has 32 heavy (non-hydrogen) atoms. The Morgan fingerprint density at radius 2 is 1.75 bits per heavy atom. The summed E-state index contributed by atoms with van der Waals surface area (Å²) < 4.78 is 12.2. The van der Waals surface area contributed by atoms with Crippen LogP contribution in [0.25, 0.3) is 11.1 Å². The topological polar surface area (TPSA) is 77.0 Å². The predicted molar refractivity (Wildman–Crippen MR) is 121 cm³/mol. The maximum absolute atomic E-state index is 13.4. The Morgan fingerprint density at radius 3 is 2.56 bits per heavy atom. The molecule has 2 heterocycles. The quantitative estimate of drug-likeness (QED) is 0.483. The van der Waals surface area contributed by atoms with Crippen molar-refractivity contribution in [1.82, 2.24) is 9.58 Å². The Morgan fingerprint density at radius 1 is 1.03 bits per heavy atom. The molecule has 7 nitrogen and oxygen atoms in total. The summed E-state index contributed by atoms with van der Waals surface area (Å²) in [4.78, 5) is 25.8. The average molecular weight is 427 g/mol. The van der Waals surface area contributed by atoms with Crippen LogP contribution in [0.3, 0.4) is 0 Å². The van der Waals surface area contributed by atoms with Gasteiger partial charge in [-0.25, -0.2) is 9.80 Å². The molecule has 160 valence electrons. The first kappa shape index (κ1) is 19.8. The van der Waals surface area contributed by atoms with E-state index >= 15 is 0 Å². The number of carbonyl (C=O) groups is 1. The van der Waals surface area contributed by atoms with E-state index in [1.807, 2.05) is 54.6 Å². The normalized spacial score (nSPS) is 15.7. The second-order valence-electron chi connectivity index (χ2n) is 7.53. The molecule has 1 aromatic heterocycles. The van der Waals surface area contributed by atoms with Crippen molar-refractivity contribution in [2.75, 3.05) is 7.11 Å². The number of oxazole rings is 1. The van der Waals surface area contributed by atoms with Crippen molar-refractivity contribution in [2.45, 2.75) is 19.0 Å². The van der Waals surface area contributed by atoms with Gasteiger partial charge in [0.1, 0.15) is 12.3 Å². The molecule has 0 radical (unpaired) electrons. The van der Waals surface area contributed by atoms with Crippen LogP contribution in [0.1, 0.15) is 23.6 Å². The first-order chi connectivity index (χ1) is 15.7. The molecule has 3 aromatic carbocycles. The van der Waals surface area contributed by atoms with Crippen molar-refractivity contribution in [1.29, 1.82) is 0 Å². The minimum Gasteiger partial charge on any atom is -0.496 e. The number of hydrogen-bond acceptors (Lipinski definition) is 5. The van der Waals surface area contributed by atoms with Gasteiger partial charge in [-0.05, 0) is 23.8 Å². The Bertz CT molecular complexity index is 1370. The number of hydrazone groups is 1. The molecule has 1 aliphatic heterocycles. The lowest BCUT2D eigenvalue weighted by Crippen LogP contribution is -2.32. The van der Waals surface area contributed by atoms with Gasteiger partial charge in [0.2, 0.25) is 0 Å². The fourth-order valence-electron chi connectivity index (χ4n) is 4.10. The van der Waals surface area contributed by atoms with E-state index in [0.29, 0.717) is 23.3 Å². The van der Waals surface area contributed by atoms with Gasteiger partial charge in [-0.3, -0.25) is 9.36 Å². The summed E-state index contributed by atoms with van der Waals surface area (Å²) in [5.41, 5.74) is 3.64. The summed E-state index contributed by atoms with van der Waals surface area (Å²) in [5.74, 6) is -0.189. The second kappa shape index (κ2) is 8.19. The first-order valence-corrected chi connectivity index (χ1v) is 10.3. The summed E-state index contributed by atoms with van der Waals surface area (Å²) in [6.07, 6.45) is 0.539. The summed E-state index contributed by atoms with van der Waals surface area (Å²) in [6.45, 7) is -0.174. The molecule has 4 aromatic rings. The van der Waals surface area contributed by atoms with Crippen LogP contribution in [0, 0.1) is 0 Å². The van der Waals surface area contributed by atoms with E-state index in [0.717, 1.165) is 16.8 Å².